The highest BCUT2D eigenvalue weighted by molar-refractivity contribution is 5.96. The minimum absolute atomic E-state index is 0.0632. The number of carbonyl (C=O) groups is 1. The van der Waals surface area contributed by atoms with Gasteiger partial charge in [0.05, 0.1) is 11.7 Å². The van der Waals surface area contributed by atoms with Crippen LogP contribution in [0, 0.1) is 0 Å². The van der Waals surface area contributed by atoms with Crippen molar-refractivity contribution in [3.05, 3.63) is 24.4 Å². The number of anilines is 1. The first kappa shape index (κ1) is 10.1. The van der Waals surface area contributed by atoms with Crippen LogP contribution in [0.3, 0.4) is 0 Å². The number of amides is 2. The van der Waals surface area contributed by atoms with Gasteiger partial charge in [0, 0.05) is 38.3 Å². The Morgan fingerprint density at radius 3 is 2.76 bits per heavy atom. The van der Waals surface area contributed by atoms with E-state index in [1.165, 1.54) is 0 Å². The molecule has 1 saturated heterocycles. The van der Waals surface area contributed by atoms with E-state index < -0.39 is 0 Å². The monoisotopic (exact) mass is 230 g/mol. The van der Waals surface area contributed by atoms with Crippen molar-refractivity contribution in [1.82, 2.24) is 14.7 Å². The van der Waals surface area contributed by atoms with Crippen molar-refractivity contribution >= 4 is 22.6 Å². The summed E-state index contributed by atoms with van der Waals surface area (Å²) in [6.45, 7) is 1.53. The number of hydrogen-bond donors (Lipinski definition) is 0. The molecule has 5 nitrogen and oxygen atoms in total. The predicted molar refractivity (Wildman–Crippen MR) is 66.1 cm³/mol. The van der Waals surface area contributed by atoms with Crippen molar-refractivity contribution in [1.29, 1.82) is 0 Å². The molecule has 5 heteroatoms. The number of carbonyl (C=O) groups excluding carboxylic acids is 1. The van der Waals surface area contributed by atoms with E-state index in [2.05, 4.69) is 5.10 Å². The minimum Gasteiger partial charge on any atom is -0.326 e. The fourth-order valence-electron chi connectivity index (χ4n) is 2.21. The molecule has 1 aromatic carbocycles. The first-order valence-electron chi connectivity index (χ1n) is 5.61. The number of likely N-dealkylation sites (N-methyl/N-ethyl adjacent to an activating group) is 1. The van der Waals surface area contributed by atoms with Crippen LogP contribution in [0.2, 0.25) is 0 Å². The Morgan fingerprint density at radius 1 is 1.24 bits per heavy atom. The zero-order valence-corrected chi connectivity index (χ0v) is 9.92. The van der Waals surface area contributed by atoms with Crippen LogP contribution in [-0.4, -0.2) is 40.8 Å². The zero-order chi connectivity index (χ0) is 12.0. The van der Waals surface area contributed by atoms with Crippen LogP contribution in [-0.2, 0) is 7.05 Å². The molecule has 17 heavy (non-hydrogen) atoms. The Labute approximate surface area is 99.2 Å². The molecule has 88 valence electrons. The third-order valence-corrected chi connectivity index (χ3v) is 3.26. The highest BCUT2D eigenvalue weighted by Crippen LogP contribution is 2.24. The quantitative estimate of drug-likeness (QED) is 0.744. The molecule has 0 unspecified atom stereocenters. The largest absolute Gasteiger partial charge is 0.326 e. The van der Waals surface area contributed by atoms with Crippen molar-refractivity contribution < 1.29 is 4.79 Å². The molecule has 0 saturated carbocycles. The van der Waals surface area contributed by atoms with Gasteiger partial charge >= 0.3 is 6.03 Å². The molecular weight excluding hydrogens is 216 g/mol. The van der Waals surface area contributed by atoms with Crippen LogP contribution in [0.5, 0.6) is 0 Å². The van der Waals surface area contributed by atoms with Gasteiger partial charge in [0.1, 0.15) is 0 Å². The van der Waals surface area contributed by atoms with Gasteiger partial charge in [-0.05, 0) is 18.2 Å². The van der Waals surface area contributed by atoms with Crippen molar-refractivity contribution in [3.8, 4) is 0 Å². The highest BCUT2D eigenvalue weighted by Gasteiger charge is 2.26. The first-order chi connectivity index (χ1) is 8.16. The third kappa shape index (κ3) is 1.46. The van der Waals surface area contributed by atoms with E-state index in [0.29, 0.717) is 0 Å². The molecular formula is C12H14N4O. The molecule has 1 aliphatic heterocycles. The van der Waals surface area contributed by atoms with E-state index in [9.17, 15) is 4.79 Å². The molecule has 0 spiro atoms. The van der Waals surface area contributed by atoms with Gasteiger partial charge in [-0.25, -0.2) is 4.79 Å². The van der Waals surface area contributed by atoms with Gasteiger partial charge in [-0.15, -0.1) is 0 Å². The second-order valence-corrected chi connectivity index (χ2v) is 4.37. The molecule has 0 radical (unpaired) electrons. The van der Waals surface area contributed by atoms with E-state index in [1.807, 2.05) is 43.2 Å². The summed E-state index contributed by atoms with van der Waals surface area (Å²) in [4.78, 5) is 15.4. The average Bonchev–Trinajstić information content (AvgIpc) is 2.85. The average molecular weight is 230 g/mol. The molecule has 0 aliphatic carbocycles. The fourth-order valence-corrected chi connectivity index (χ4v) is 2.21. The number of benzene rings is 1. The second kappa shape index (κ2) is 3.48. The molecule has 0 bridgehead atoms. The van der Waals surface area contributed by atoms with E-state index in [0.717, 1.165) is 29.7 Å². The Morgan fingerprint density at radius 2 is 2.06 bits per heavy atom. The van der Waals surface area contributed by atoms with Crippen molar-refractivity contribution in [2.75, 3.05) is 25.0 Å². The lowest BCUT2D eigenvalue weighted by atomic mass is 10.2. The summed E-state index contributed by atoms with van der Waals surface area (Å²) >= 11 is 0. The first-order valence-corrected chi connectivity index (χ1v) is 5.61. The van der Waals surface area contributed by atoms with E-state index >= 15 is 0 Å². The van der Waals surface area contributed by atoms with Gasteiger partial charge in [-0.3, -0.25) is 9.58 Å². The summed E-state index contributed by atoms with van der Waals surface area (Å²) in [5.74, 6) is 0. The van der Waals surface area contributed by atoms with Crippen molar-refractivity contribution in [2.24, 2.45) is 7.05 Å². The van der Waals surface area contributed by atoms with Crippen LogP contribution < -0.4 is 4.90 Å². The summed E-state index contributed by atoms with van der Waals surface area (Å²) < 4.78 is 1.83. The Bertz CT molecular complexity index is 589. The maximum atomic E-state index is 11.9. The summed E-state index contributed by atoms with van der Waals surface area (Å²) in [5.41, 5.74) is 2.02. The summed E-state index contributed by atoms with van der Waals surface area (Å²) in [6.07, 6.45) is 1.82. The van der Waals surface area contributed by atoms with E-state index in [-0.39, 0.29) is 6.03 Å². The van der Waals surface area contributed by atoms with Crippen LogP contribution in [0.1, 0.15) is 0 Å². The Kier molecular flexibility index (Phi) is 2.07. The van der Waals surface area contributed by atoms with Crippen LogP contribution in [0.25, 0.3) is 10.9 Å². The van der Waals surface area contributed by atoms with E-state index in [1.54, 1.807) is 9.80 Å². The number of urea groups is 1. The van der Waals surface area contributed by atoms with Crippen LogP contribution >= 0.6 is 0 Å². The van der Waals surface area contributed by atoms with Crippen LogP contribution in [0.15, 0.2) is 24.4 Å². The van der Waals surface area contributed by atoms with Gasteiger partial charge in [0.15, 0.2) is 0 Å². The van der Waals surface area contributed by atoms with Gasteiger partial charge in [0.2, 0.25) is 0 Å². The topological polar surface area (TPSA) is 41.4 Å². The van der Waals surface area contributed by atoms with Crippen LogP contribution in [0.4, 0.5) is 10.5 Å². The van der Waals surface area contributed by atoms with Gasteiger partial charge in [0.25, 0.3) is 0 Å². The standard InChI is InChI=1S/C12H14N4O/c1-14-5-6-16(12(14)17)10-3-4-11-9(7-10)8-13-15(11)2/h3-4,7-8H,5-6H2,1-2H3. The van der Waals surface area contributed by atoms with Gasteiger partial charge < -0.3 is 4.90 Å². The summed E-state index contributed by atoms with van der Waals surface area (Å²) in [6, 6.07) is 6.05. The molecule has 0 atom stereocenters. The maximum Gasteiger partial charge on any atom is 0.324 e. The second-order valence-electron chi connectivity index (χ2n) is 4.37. The lowest BCUT2D eigenvalue weighted by Crippen LogP contribution is -2.29. The van der Waals surface area contributed by atoms with Crippen molar-refractivity contribution in [3.63, 3.8) is 0 Å². The Hall–Kier alpha value is -2.04. The maximum absolute atomic E-state index is 11.9. The predicted octanol–water partition coefficient (Wildman–Crippen LogP) is 1.45. The molecule has 1 aliphatic rings. The number of aromatic nitrogens is 2. The lowest BCUT2D eigenvalue weighted by molar-refractivity contribution is 0.229. The molecule has 3 rings (SSSR count). The van der Waals surface area contributed by atoms with Gasteiger partial charge in [-0.1, -0.05) is 0 Å². The molecule has 2 heterocycles. The minimum atomic E-state index is 0.0632. The Balaban J connectivity index is 2.04. The summed E-state index contributed by atoms with van der Waals surface area (Å²) in [7, 11) is 3.74. The highest BCUT2D eigenvalue weighted by atomic mass is 16.2. The van der Waals surface area contributed by atoms with E-state index in [4.69, 9.17) is 0 Å². The number of nitrogens with zero attached hydrogens (tertiary/aromatic N) is 4. The molecule has 2 aromatic rings. The van der Waals surface area contributed by atoms with Gasteiger partial charge in [-0.2, -0.15) is 5.10 Å². The smallest absolute Gasteiger partial charge is 0.324 e. The number of hydrogen-bond acceptors (Lipinski definition) is 2. The number of aryl methyl sites for hydroxylation is 1. The molecule has 1 aromatic heterocycles. The number of rotatable bonds is 1. The van der Waals surface area contributed by atoms with Crippen molar-refractivity contribution in [2.45, 2.75) is 0 Å². The lowest BCUT2D eigenvalue weighted by Gasteiger charge is -2.16. The molecule has 2 amide bonds. The molecule has 1 fully saturated rings. The third-order valence-electron chi connectivity index (χ3n) is 3.26. The number of fused-ring (bicyclic) bond motifs is 1. The summed E-state index contributed by atoms with van der Waals surface area (Å²) in [5, 5.41) is 5.26. The fraction of sp³-hybridized carbons (Fsp3) is 0.333. The zero-order valence-electron chi connectivity index (χ0n) is 9.92. The molecule has 0 N–H and O–H groups in total. The normalized spacial score (nSPS) is 16.2. The SMILES string of the molecule is CN1CCN(c2ccc3c(cnn3C)c2)C1=O.